The number of hydrogen-bond donors (Lipinski definition) is 2. The minimum absolute atomic E-state index is 0.0687. The zero-order valence-electron chi connectivity index (χ0n) is 25.6. The van der Waals surface area contributed by atoms with E-state index in [0.717, 1.165) is 22.1 Å². The van der Waals surface area contributed by atoms with E-state index in [2.05, 4.69) is 15.4 Å². The molecule has 0 radical (unpaired) electrons. The lowest BCUT2D eigenvalue weighted by Crippen LogP contribution is -2.46. The summed E-state index contributed by atoms with van der Waals surface area (Å²) >= 11 is 0. The highest BCUT2D eigenvalue weighted by Crippen LogP contribution is 3.02. The lowest BCUT2D eigenvalue weighted by atomic mass is 10.1. The Kier molecular flexibility index (Phi) is 7.78. The first-order valence-corrected chi connectivity index (χ1v) is 16.1. The fourth-order valence-corrected chi connectivity index (χ4v) is 5.56. The molecule has 0 aliphatic heterocycles. The van der Waals surface area contributed by atoms with Gasteiger partial charge in [0, 0.05) is 59.3 Å². The van der Waals surface area contributed by atoms with Crippen LogP contribution in [-0.2, 0) is 0 Å². The van der Waals surface area contributed by atoms with Crippen molar-refractivity contribution < 1.29 is 38.9 Å². The van der Waals surface area contributed by atoms with Crippen LogP contribution in [0, 0.1) is 6.92 Å². The third kappa shape index (κ3) is 7.48. The number of halogens is 5. The monoisotopic (exact) mass is 678 g/mol. The van der Waals surface area contributed by atoms with Crippen LogP contribution in [0.2, 0.25) is 0 Å². The molecule has 2 N–H and O–H groups in total. The highest BCUT2D eigenvalue weighted by Gasteiger charge is 2.65. The molecule has 5 rings (SSSR count). The van der Waals surface area contributed by atoms with E-state index in [1.54, 1.807) is 72.8 Å². The van der Waals surface area contributed by atoms with Gasteiger partial charge in [-0.25, -0.2) is 9.31 Å². The summed E-state index contributed by atoms with van der Waals surface area (Å²) in [5.74, 6) is -1.78. The maximum atomic E-state index is 13.9. The predicted molar refractivity (Wildman–Crippen MR) is 168 cm³/mol. The van der Waals surface area contributed by atoms with Gasteiger partial charge in [0.1, 0.15) is 22.9 Å². The van der Waals surface area contributed by atoms with Crippen LogP contribution < -0.4 is 10.1 Å². The Bertz CT molecular complexity index is 1990. The summed E-state index contributed by atoms with van der Waals surface area (Å²) in [5, 5.41) is 16.5. The molecule has 250 valence electrons. The Morgan fingerprint density at radius 2 is 1.77 bits per heavy atom. The van der Waals surface area contributed by atoms with Crippen molar-refractivity contribution in [1.29, 1.82) is 0 Å². The first kappa shape index (κ1) is 33.2. The van der Waals surface area contributed by atoms with Crippen LogP contribution in [0.5, 0.6) is 5.75 Å². The van der Waals surface area contributed by atoms with Crippen molar-refractivity contribution in [2.24, 2.45) is 0 Å². The Morgan fingerprint density at radius 3 is 2.40 bits per heavy atom. The Labute approximate surface area is 266 Å². The Balaban J connectivity index is 1.44. The van der Waals surface area contributed by atoms with Crippen LogP contribution in [0.4, 0.5) is 29.9 Å². The van der Waals surface area contributed by atoms with Crippen molar-refractivity contribution in [3.8, 4) is 22.7 Å². The maximum absolute atomic E-state index is 13.9. The predicted octanol–water partition coefficient (Wildman–Crippen LogP) is 8.56. The van der Waals surface area contributed by atoms with E-state index in [9.17, 15) is 34.1 Å². The van der Waals surface area contributed by atoms with Crippen molar-refractivity contribution in [1.82, 2.24) is 24.1 Å². The van der Waals surface area contributed by atoms with Crippen molar-refractivity contribution in [2.75, 3.05) is 18.5 Å². The molecule has 47 heavy (non-hydrogen) atoms. The van der Waals surface area contributed by atoms with Crippen LogP contribution in [0.25, 0.3) is 22.6 Å². The molecule has 0 fully saturated rings. The third-order valence-corrected chi connectivity index (χ3v) is 8.34. The SMILES string of the molecule is Cc1ccc(NC(=O)c2cc(OCCN(C(=O)O)C(C)(C)C)cc(S(F)(F)(F)(F)F)c2)cc1-n1ccn2nc(-c3cccnc3)cc12. The first-order valence-electron chi connectivity index (χ1n) is 14.1. The lowest BCUT2D eigenvalue weighted by molar-refractivity contribution is 0.0892. The number of aryl methyl sites for hydroxylation is 1. The van der Waals surface area contributed by atoms with Crippen LogP contribution >= 0.6 is 10.2 Å². The summed E-state index contributed by atoms with van der Waals surface area (Å²) in [4.78, 5) is 27.6. The van der Waals surface area contributed by atoms with Gasteiger partial charge in [0.05, 0.1) is 17.9 Å². The number of hydrogen-bond acceptors (Lipinski definition) is 5. The number of pyridine rings is 1. The number of ether oxygens (including phenoxy) is 1. The number of carboxylic acid groups (broad SMARTS) is 1. The minimum Gasteiger partial charge on any atom is -0.492 e. The van der Waals surface area contributed by atoms with Crippen LogP contribution in [0.3, 0.4) is 0 Å². The van der Waals surface area contributed by atoms with E-state index >= 15 is 0 Å². The molecular formula is C31H31F5N6O4S. The van der Waals surface area contributed by atoms with Gasteiger partial charge < -0.3 is 20.1 Å². The van der Waals surface area contributed by atoms with Crippen LogP contribution in [-0.4, -0.2) is 59.9 Å². The number of fused-ring (bicyclic) bond motifs is 1. The quantitative estimate of drug-likeness (QED) is 0.151. The number of nitrogens with zero attached hydrogens (tertiary/aromatic N) is 5. The standard InChI is InChI=1S/C31H31F5N6O4S/c1-20-7-8-23(16-27(20)40-10-11-42-28(40)18-26(39-42)21-6-5-9-37-19-21)38-29(43)22-14-24(17-25(15-22)47(32,33,34,35)36)46-13-12-41(30(44)45)31(2,3)4/h5-11,14-19H,12-13H2,1-4H3,(H,38,43)(H,44,45). The van der Waals surface area contributed by atoms with Gasteiger partial charge in [-0.15, -0.1) is 0 Å². The molecule has 0 aliphatic rings. The molecule has 0 unspecified atom stereocenters. The van der Waals surface area contributed by atoms with Gasteiger partial charge in [0.2, 0.25) is 0 Å². The van der Waals surface area contributed by atoms with Crippen molar-refractivity contribution in [2.45, 2.75) is 38.1 Å². The van der Waals surface area contributed by atoms with Gasteiger partial charge >= 0.3 is 16.3 Å². The number of anilines is 1. The molecule has 3 heterocycles. The summed E-state index contributed by atoms with van der Waals surface area (Å²) in [5.41, 5.74) is 2.11. The summed E-state index contributed by atoms with van der Waals surface area (Å²) in [7, 11) is -10.3. The smallest absolute Gasteiger partial charge is 0.407 e. The molecule has 10 nitrogen and oxygen atoms in total. The summed E-state index contributed by atoms with van der Waals surface area (Å²) in [6.07, 6.45) is 5.49. The maximum Gasteiger partial charge on any atom is 0.407 e. The van der Waals surface area contributed by atoms with Gasteiger partial charge in [0.25, 0.3) is 5.91 Å². The molecule has 2 aromatic carbocycles. The van der Waals surface area contributed by atoms with Gasteiger partial charge in [0.15, 0.2) is 0 Å². The van der Waals surface area contributed by atoms with Gasteiger partial charge in [-0.2, -0.15) is 5.10 Å². The number of carbonyl (C=O) groups excluding carboxylic acids is 1. The molecule has 0 saturated heterocycles. The van der Waals surface area contributed by atoms with Crippen molar-refractivity contribution >= 4 is 33.6 Å². The van der Waals surface area contributed by atoms with Gasteiger partial charge in [-0.1, -0.05) is 25.5 Å². The molecular weight excluding hydrogens is 647 g/mol. The minimum atomic E-state index is -10.3. The second kappa shape index (κ2) is 11.0. The number of rotatable bonds is 9. The van der Waals surface area contributed by atoms with Crippen LogP contribution in [0.15, 0.2) is 84.3 Å². The van der Waals surface area contributed by atoms with Crippen LogP contribution in [0.1, 0.15) is 36.7 Å². The highest BCUT2D eigenvalue weighted by molar-refractivity contribution is 8.45. The number of aromatic nitrogens is 4. The molecule has 0 bridgehead atoms. The largest absolute Gasteiger partial charge is 0.492 e. The zero-order chi connectivity index (χ0) is 34.4. The average Bonchev–Trinajstić information content (AvgIpc) is 3.56. The fourth-order valence-electron chi connectivity index (χ4n) is 4.87. The molecule has 0 atom stereocenters. The summed E-state index contributed by atoms with van der Waals surface area (Å²) in [6, 6.07) is 11.3. The summed E-state index contributed by atoms with van der Waals surface area (Å²) in [6.45, 7) is 5.89. The molecule has 16 heteroatoms. The number of benzene rings is 2. The second-order valence-corrected chi connectivity index (χ2v) is 14.2. The molecule has 2 amide bonds. The lowest BCUT2D eigenvalue weighted by Gasteiger charge is -2.40. The van der Waals surface area contributed by atoms with E-state index in [0.29, 0.717) is 17.0 Å². The molecule has 5 aromatic rings. The number of imidazole rings is 1. The van der Waals surface area contributed by atoms with E-state index in [1.807, 2.05) is 19.1 Å². The number of nitrogens with one attached hydrogen (secondary N) is 1. The van der Waals surface area contributed by atoms with E-state index in [4.69, 9.17) is 4.74 Å². The number of amides is 2. The van der Waals surface area contributed by atoms with E-state index in [1.165, 1.54) is 6.07 Å². The topological polar surface area (TPSA) is 114 Å². The molecule has 0 spiro atoms. The summed E-state index contributed by atoms with van der Waals surface area (Å²) < 4.78 is 78.3. The zero-order valence-corrected chi connectivity index (χ0v) is 26.4. The van der Waals surface area contributed by atoms with Crippen molar-refractivity contribution in [3.05, 3.63) is 90.5 Å². The first-order chi connectivity index (χ1) is 21.7. The van der Waals surface area contributed by atoms with E-state index in [-0.39, 0.29) is 24.4 Å². The van der Waals surface area contributed by atoms with E-state index < -0.39 is 50.6 Å². The highest BCUT2D eigenvalue weighted by atomic mass is 32.5. The van der Waals surface area contributed by atoms with Gasteiger partial charge in [-0.3, -0.25) is 14.3 Å². The number of carbonyl (C=O) groups is 2. The molecule has 0 saturated carbocycles. The Morgan fingerprint density at radius 1 is 1.02 bits per heavy atom. The van der Waals surface area contributed by atoms with Crippen molar-refractivity contribution in [3.63, 3.8) is 0 Å². The fraction of sp³-hybridized carbons (Fsp3) is 0.226. The van der Waals surface area contributed by atoms with Gasteiger partial charge in [-0.05, 0) is 69.7 Å². The molecule has 0 aliphatic carbocycles. The third-order valence-electron chi connectivity index (χ3n) is 7.22. The second-order valence-electron chi connectivity index (χ2n) is 11.8. The average molecular weight is 679 g/mol. The molecule has 3 aromatic heterocycles. The Hall–Kier alpha value is -5.12. The normalized spacial score (nSPS) is 13.6.